The van der Waals surface area contributed by atoms with Gasteiger partial charge in [0.05, 0.1) is 16.4 Å². The first kappa shape index (κ1) is 24.7. The molecule has 2 aromatic rings. The molecule has 0 unspecified atom stereocenters. The fourth-order valence-electron chi connectivity index (χ4n) is 3.20. The number of carbonyl (C=O) groups is 1. The molecular formula is C21H11NO5SY2. The third-order valence-electron chi connectivity index (χ3n) is 4.35. The smallest absolute Gasteiger partial charge is 0.336 e. The van der Waals surface area contributed by atoms with Crippen molar-refractivity contribution in [2.24, 2.45) is 4.99 Å². The first-order valence-electron chi connectivity index (χ1n) is 8.13. The Bertz CT molecular complexity index is 1350. The Labute approximate surface area is 226 Å². The molecule has 1 heterocycles. The fraction of sp³-hybridized carbons (Fsp3) is 0. The van der Waals surface area contributed by atoms with Gasteiger partial charge in [0.25, 0.3) is 0 Å². The van der Waals surface area contributed by atoms with Crippen LogP contribution in [-0.4, -0.2) is 21.3 Å². The molecule has 0 saturated heterocycles. The average Bonchev–Trinajstić information content (AvgIpc) is 2.66. The summed E-state index contributed by atoms with van der Waals surface area (Å²) in [5.74, 6) is -0.861. The standard InChI is InChI=1S/C21H11NO5S.2Y/c23-12-2-5-15-18(8-12)27-19-9-13(24)3-6-16(19)20(15)14-4-1-11(22-10-28)7-17(14)21(25)26;;/h1-9,23H,(H,25,26);;. The Balaban J connectivity index is 0.00000160. The van der Waals surface area contributed by atoms with Crippen LogP contribution in [0.4, 0.5) is 5.69 Å². The van der Waals surface area contributed by atoms with Crippen molar-refractivity contribution in [1.82, 2.24) is 0 Å². The molecule has 0 saturated carbocycles. The van der Waals surface area contributed by atoms with Gasteiger partial charge in [0.2, 0.25) is 0 Å². The summed E-state index contributed by atoms with van der Waals surface area (Å²) >= 11 is 4.59. The molecule has 9 heteroatoms. The second kappa shape index (κ2) is 10.1. The van der Waals surface area contributed by atoms with Crippen molar-refractivity contribution in [3.8, 4) is 28.2 Å². The number of hydrogen-bond donors (Lipinski definition) is 2. The van der Waals surface area contributed by atoms with Crippen LogP contribution in [0.15, 0.2) is 68.8 Å². The number of thiocarbonyl (C=S) groups is 1. The molecule has 0 bridgehead atoms. The van der Waals surface area contributed by atoms with E-state index in [2.05, 4.69) is 22.4 Å². The Kier molecular flexibility index (Phi) is 8.34. The fourth-order valence-corrected chi connectivity index (χ4v) is 3.30. The maximum absolute atomic E-state index is 11.9. The summed E-state index contributed by atoms with van der Waals surface area (Å²) in [5.41, 5.74) is 2.03. The quantitative estimate of drug-likeness (QED) is 0.212. The minimum atomic E-state index is -1.14. The van der Waals surface area contributed by atoms with Gasteiger partial charge in [-0.3, -0.25) is 4.79 Å². The van der Waals surface area contributed by atoms with Crippen LogP contribution in [0.25, 0.3) is 33.4 Å². The molecule has 30 heavy (non-hydrogen) atoms. The summed E-state index contributed by atoms with van der Waals surface area (Å²) in [5, 5.41) is 22.4. The van der Waals surface area contributed by atoms with Crippen LogP contribution in [0.1, 0.15) is 10.4 Å². The van der Waals surface area contributed by atoms with Crippen LogP contribution in [0.5, 0.6) is 5.75 Å². The Morgan fingerprint density at radius 3 is 2.43 bits per heavy atom. The summed E-state index contributed by atoms with van der Waals surface area (Å²) in [6.45, 7) is 0. The van der Waals surface area contributed by atoms with Crippen molar-refractivity contribution in [3.05, 3.63) is 70.4 Å². The molecule has 0 fully saturated rings. The number of fused-ring (bicyclic) bond motifs is 2. The molecule has 0 aromatic heterocycles. The van der Waals surface area contributed by atoms with Crippen LogP contribution in [-0.2, 0) is 65.4 Å². The third kappa shape index (κ3) is 4.67. The van der Waals surface area contributed by atoms with E-state index in [-0.39, 0.29) is 87.9 Å². The minimum Gasteiger partial charge on any atom is -0.508 e. The molecule has 0 spiro atoms. The van der Waals surface area contributed by atoms with E-state index in [1.807, 2.05) is 0 Å². The minimum absolute atomic E-state index is 0. The van der Waals surface area contributed by atoms with Gasteiger partial charge in [-0.25, -0.2) is 4.79 Å². The van der Waals surface area contributed by atoms with Crippen LogP contribution in [0, 0.1) is 0 Å². The Morgan fingerprint density at radius 2 is 1.73 bits per heavy atom. The zero-order valence-corrected chi connectivity index (χ0v) is 21.8. The number of aromatic hydroxyl groups is 1. The van der Waals surface area contributed by atoms with Crippen LogP contribution in [0.3, 0.4) is 0 Å². The van der Waals surface area contributed by atoms with Crippen molar-refractivity contribution < 1.29 is 84.8 Å². The number of aromatic carboxylic acids is 1. The number of phenols is 1. The van der Waals surface area contributed by atoms with Gasteiger partial charge in [-0.15, -0.1) is 0 Å². The molecule has 1 aliphatic carbocycles. The Morgan fingerprint density at radius 1 is 1.00 bits per heavy atom. The topological polar surface area (TPSA) is 100 Å². The predicted molar refractivity (Wildman–Crippen MR) is 108 cm³/mol. The van der Waals surface area contributed by atoms with Crippen molar-refractivity contribution in [3.63, 3.8) is 0 Å². The number of rotatable bonds is 3. The second-order valence-corrected chi connectivity index (χ2v) is 6.24. The summed E-state index contributed by atoms with van der Waals surface area (Å²) in [6.07, 6.45) is 0. The normalized spacial score (nSPS) is 10.0. The van der Waals surface area contributed by atoms with E-state index in [0.717, 1.165) is 0 Å². The summed E-state index contributed by atoms with van der Waals surface area (Å²) in [7, 11) is 0. The number of isothiocyanates is 1. The largest absolute Gasteiger partial charge is 0.508 e. The van der Waals surface area contributed by atoms with Crippen molar-refractivity contribution >= 4 is 40.0 Å². The molecule has 2 radical (unpaired) electrons. The van der Waals surface area contributed by atoms with E-state index in [1.54, 1.807) is 24.3 Å². The van der Waals surface area contributed by atoms with E-state index in [9.17, 15) is 19.8 Å². The SMILES string of the molecule is O=C(O)c1cc(N=C=S)ccc1-c1c2ccc(=O)cc-2oc2cc(O)ccc12.[Y].[Y]. The maximum Gasteiger partial charge on any atom is 0.336 e. The van der Waals surface area contributed by atoms with E-state index >= 15 is 0 Å². The van der Waals surface area contributed by atoms with Crippen molar-refractivity contribution in [2.75, 3.05) is 0 Å². The number of aliphatic imine (C=N–C) groups is 1. The predicted octanol–water partition coefficient (Wildman–Crippen LogP) is 4.70. The van der Waals surface area contributed by atoms with Gasteiger partial charge >= 0.3 is 5.97 Å². The number of phenolic OH excluding ortho intramolecular Hbond substituents is 1. The maximum atomic E-state index is 11.9. The first-order chi connectivity index (χ1) is 13.5. The number of nitrogens with zero attached hydrogens (tertiary/aromatic N) is 1. The van der Waals surface area contributed by atoms with E-state index in [0.29, 0.717) is 33.3 Å². The number of hydrogen-bond acceptors (Lipinski definition) is 6. The molecule has 2 aliphatic rings. The number of carboxylic acid groups (broad SMARTS) is 1. The zero-order valence-electron chi connectivity index (χ0n) is 15.3. The molecule has 142 valence electrons. The molecule has 1 aliphatic heterocycles. The van der Waals surface area contributed by atoms with Gasteiger partial charge < -0.3 is 14.6 Å². The second-order valence-electron chi connectivity index (χ2n) is 6.05. The zero-order chi connectivity index (χ0) is 19.8. The molecule has 6 nitrogen and oxygen atoms in total. The molecular weight excluding hydrogens is 556 g/mol. The molecule has 2 N–H and O–H groups in total. The molecule has 4 rings (SSSR count). The van der Waals surface area contributed by atoms with Crippen LogP contribution in [0.2, 0.25) is 0 Å². The summed E-state index contributed by atoms with van der Waals surface area (Å²) in [6, 6.07) is 13.5. The average molecular weight is 567 g/mol. The van der Waals surface area contributed by atoms with Crippen LogP contribution < -0.4 is 5.43 Å². The monoisotopic (exact) mass is 567 g/mol. The molecule has 0 amide bonds. The molecule has 2 aromatic carbocycles. The molecule has 0 atom stereocenters. The van der Waals surface area contributed by atoms with E-state index in [4.69, 9.17) is 4.42 Å². The summed E-state index contributed by atoms with van der Waals surface area (Å²) < 4.78 is 5.78. The van der Waals surface area contributed by atoms with E-state index in [1.165, 1.54) is 30.3 Å². The van der Waals surface area contributed by atoms with Crippen molar-refractivity contribution in [2.45, 2.75) is 0 Å². The Hall–Kier alpha value is -1.59. The van der Waals surface area contributed by atoms with Gasteiger partial charge in [-0.1, -0.05) is 6.07 Å². The van der Waals surface area contributed by atoms with Gasteiger partial charge in [0.1, 0.15) is 17.1 Å². The summed E-state index contributed by atoms with van der Waals surface area (Å²) in [4.78, 5) is 27.6. The van der Waals surface area contributed by atoms with Gasteiger partial charge in [-0.2, -0.15) is 4.99 Å². The van der Waals surface area contributed by atoms with Gasteiger partial charge in [0, 0.05) is 94.1 Å². The van der Waals surface area contributed by atoms with E-state index < -0.39 is 5.97 Å². The number of carboxylic acids is 1. The first-order valence-corrected chi connectivity index (χ1v) is 8.54. The van der Waals surface area contributed by atoms with Crippen molar-refractivity contribution in [1.29, 1.82) is 0 Å². The number of benzene rings is 3. The van der Waals surface area contributed by atoms with Crippen LogP contribution >= 0.6 is 12.2 Å². The third-order valence-corrected chi connectivity index (χ3v) is 4.45. The van der Waals surface area contributed by atoms with Gasteiger partial charge in [-0.05, 0) is 54.2 Å². The van der Waals surface area contributed by atoms with Gasteiger partial charge in [0.15, 0.2) is 5.43 Å².